The van der Waals surface area contributed by atoms with Gasteiger partial charge in [-0.2, -0.15) is 0 Å². The number of hydrogen-bond acceptors (Lipinski definition) is 3. The van der Waals surface area contributed by atoms with Crippen LogP contribution in [0.5, 0.6) is 0 Å². The predicted molar refractivity (Wildman–Crippen MR) is 59.5 cm³/mol. The Morgan fingerprint density at radius 2 is 2.20 bits per heavy atom. The van der Waals surface area contributed by atoms with Crippen molar-refractivity contribution in [3.63, 3.8) is 0 Å². The van der Waals surface area contributed by atoms with Gasteiger partial charge in [0.15, 0.2) is 0 Å². The molecule has 3 nitrogen and oxygen atoms in total. The van der Waals surface area contributed by atoms with E-state index in [9.17, 15) is 0 Å². The van der Waals surface area contributed by atoms with Gasteiger partial charge in [0.25, 0.3) is 0 Å². The molecule has 82 valence electrons. The molecule has 1 aromatic rings. The van der Waals surface area contributed by atoms with Crippen molar-refractivity contribution in [3.05, 3.63) is 34.3 Å². The Bertz CT molecular complexity index is 470. The van der Waals surface area contributed by atoms with Gasteiger partial charge >= 0.3 is 0 Å². The number of rotatable bonds is 5. The quantitative estimate of drug-likeness (QED) is 0.833. The standard InChI is InChI=1S/C11H13BrO3/c12-9-3-1-8(2-4-9)6-14-7-11-10(5-13)15-11/h1-4,10-11,13H,5-7H2/t10-,11-/m1/s1/i7D2,10D,11D. The van der Waals surface area contributed by atoms with E-state index >= 15 is 0 Å². The molecule has 0 amide bonds. The van der Waals surface area contributed by atoms with E-state index in [0.29, 0.717) is 0 Å². The van der Waals surface area contributed by atoms with Crippen LogP contribution < -0.4 is 0 Å². The Hall–Kier alpha value is -0.420. The highest BCUT2D eigenvalue weighted by Gasteiger charge is 2.37. The summed E-state index contributed by atoms with van der Waals surface area (Å²) in [7, 11) is 0. The minimum atomic E-state index is -2.48. The molecule has 0 saturated carbocycles. The second kappa shape index (κ2) is 5.07. The molecule has 1 aliphatic rings. The maximum absolute atomic E-state index is 8.92. The summed E-state index contributed by atoms with van der Waals surface area (Å²) in [6.07, 6.45) is -4.17. The van der Waals surface area contributed by atoms with Crippen LogP contribution in [0.4, 0.5) is 0 Å². The molecular formula is C11H13BrO3. The zero-order valence-electron chi connectivity index (χ0n) is 11.9. The van der Waals surface area contributed by atoms with Crippen LogP contribution in [0.1, 0.15) is 11.0 Å². The largest absolute Gasteiger partial charge is 0.394 e. The van der Waals surface area contributed by atoms with Crippen LogP contribution in [-0.2, 0) is 16.1 Å². The van der Waals surface area contributed by atoms with E-state index < -0.39 is 25.3 Å². The smallest absolute Gasteiger partial charge is 0.110 e. The van der Waals surface area contributed by atoms with Crippen molar-refractivity contribution < 1.29 is 20.1 Å². The summed E-state index contributed by atoms with van der Waals surface area (Å²) >= 11 is 3.28. The topological polar surface area (TPSA) is 42.0 Å². The zero-order valence-corrected chi connectivity index (χ0v) is 9.45. The molecule has 1 aliphatic heterocycles. The lowest BCUT2D eigenvalue weighted by molar-refractivity contribution is 0.104. The molecule has 2 rings (SSSR count). The molecule has 15 heavy (non-hydrogen) atoms. The highest BCUT2D eigenvalue weighted by atomic mass is 79.9. The summed E-state index contributed by atoms with van der Waals surface area (Å²) in [6.45, 7) is -3.28. The molecule has 1 aromatic carbocycles. The lowest BCUT2D eigenvalue weighted by atomic mass is 10.2. The third kappa shape index (κ3) is 3.28. The van der Waals surface area contributed by atoms with Crippen molar-refractivity contribution in [2.75, 3.05) is 13.2 Å². The second-order valence-corrected chi connectivity index (χ2v) is 3.95. The first-order valence-electron chi connectivity index (χ1n) is 6.43. The maximum Gasteiger partial charge on any atom is 0.110 e. The lowest BCUT2D eigenvalue weighted by Gasteiger charge is -2.02. The SMILES string of the molecule is [2H]C([2H])(OCc1ccc(Br)cc1)[C@@]1([2H])O[C@]1([2H])CO. The fraction of sp³-hybridized carbons (Fsp3) is 0.455. The van der Waals surface area contributed by atoms with Crippen LogP contribution in [-0.4, -0.2) is 30.4 Å². The van der Waals surface area contributed by atoms with Crippen molar-refractivity contribution >= 4 is 15.9 Å². The molecule has 0 aromatic heterocycles. The van der Waals surface area contributed by atoms with Gasteiger partial charge < -0.3 is 14.6 Å². The molecule has 2 atom stereocenters. The highest BCUT2D eigenvalue weighted by molar-refractivity contribution is 9.10. The molecule has 1 N–H and O–H groups in total. The van der Waals surface area contributed by atoms with Crippen LogP contribution >= 0.6 is 15.9 Å². The van der Waals surface area contributed by atoms with Crippen LogP contribution in [0, 0.1) is 0 Å². The number of ether oxygens (including phenoxy) is 2. The summed E-state index contributed by atoms with van der Waals surface area (Å²) in [5.74, 6) is 0. The Morgan fingerprint density at radius 3 is 2.80 bits per heavy atom. The fourth-order valence-electron chi connectivity index (χ4n) is 1.05. The first-order chi connectivity index (χ1) is 8.74. The average Bonchev–Trinajstić information content (AvgIpc) is 2.95. The monoisotopic (exact) mass is 276 g/mol. The highest BCUT2D eigenvalue weighted by Crippen LogP contribution is 2.21. The Morgan fingerprint density at radius 1 is 1.47 bits per heavy atom. The van der Waals surface area contributed by atoms with E-state index in [4.69, 9.17) is 15.3 Å². The number of hydrogen-bond donors (Lipinski definition) is 1. The minimum absolute atomic E-state index is 0.0498. The van der Waals surface area contributed by atoms with Crippen LogP contribution in [0.25, 0.3) is 0 Å². The average molecular weight is 277 g/mol. The van der Waals surface area contributed by atoms with Crippen LogP contribution in [0.15, 0.2) is 28.7 Å². The fourth-order valence-corrected chi connectivity index (χ4v) is 1.31. The van der Waals surface area contributed by atoms with Gasteiger partial charge in [0.05, 0.1) is 25.3 Å². The summed E-state index contributed by atoms with van der Waals surface area (Å²) < 4.78 is 41.3. The molecule has 0 aliphatic carbocycles. The van der Waals surface area contributed by atoms with E-state index in [1.54, 1.807) is 24.3 Å². The van der Waals surface area contributed by atoms with E-state index in [-0.39, 0.29) is 6.61 Å². The molecule has 0 spiro atoms. The van der Waals surface area contributed by atoms with Gasteiger partial charge in [-0.05, 0) is 17.7 Å². The zero-order chi connectivity index (χ0) is 14.3. The summed E-state index contributed by atoms with van der Waals surface area (Å²) in [6, 6.07) is 7.09. The van der Waals surface area contributed by atoms with Crippen LogP contribution in [0.3, 0.4) is 0 Å². The number of aliphatic hydroxyl groups excluding tert-OH is 1. The first kappa shape index (κ1) is 7.01. The normalized spacial score (nSPS) is 38.8. The van der Waals surface area contributed by atoms with Crippen molar-refractivity contribution in [2.24, 2.45) is 0 Å². The van der Waals surface area contributed by atoms with E-state index in [0.717, 1.165) is 10.0 Å². The number of halogens is 1. The van der Waals surface area contributed by atoms with Gasteiger partial charge in [-0.15, -0.1) is 0 Å². The van der Waals surface area contributed by atoms with E-state index in [1.807, 2.05) is 0 Å². The molecule has 1 fully saturated rings. The number of benzene rings is 1. The second-order valence-electron chi connectivity index (χ2n) is 3.03. The molecule has 1 heterocycles. The number of epoxide rings is 1. The van der Waals surface area contributed by atoms with Gasteiger partial charge in [-0.1, -0.05) is 28.1 Å². The third-order valence-electron chi connectivity index (χ3n) is 1.90. The lowest BCUT2D eigenvalue weighted by Crippen LogP contribution is -2.07. The van der Waals surface area contributed by atoms with Crippen LogP contribution in [0.2, 0.25) is 0 Å². The molecular weight excluding hydrogens is 260 g/mol. The molecule has 4 heteroatoms. The summed E-state index contributed by atoms with van der Waals surface area (Å²) in [5.41, 5.74) is 0.732. The van der Waals surface area contributed by atoms with E-state index in [1.165, 1.54) is 0 Å². The maximum atomic E-state index is 8.92. The van der Waals surface area contributed by atoms with Gasteiger partial charge in [0.1, 0.15) is 12.2 Å². The van der Waals surface area contributed by atoms with Crippen molar-refractivity contribution in [2.45, 2.75) is 18.8 Å². The van der Waals surface area contributed by atoms with Crippen molar-refractivity contribution in [1.82, 2.24) is 0 Å². The number of aliphatic hydroxyl groups is 1. The predicted octanol–water partition coefficient (Wildman–Crippen LogP) is 1.73. The molecule has 1 saturated heterocycles. The Kier molecular flexibility index (Phi) is 2.37. The van der Waals surface area contributed by atoms with Gasteiger partial charge in [-0.25, -0.2) is 0 Å². The van der Waals surface area contributed by atoms with Gasteiger partial charge in [-0.3, -0.25) is 0 Å². The Balaban J connectivity index is 2.01. The summed E-state index contributed by atoms with van der Waals surface area (Å²) in [4.78, 5) is 0. The molecule has 0 radical (unpaired) electrons. The minimum Gasteiger partial charge on any atom is -0.394 e. The first-order valence-corrected chi connectivity index (χ1v) is 5.23. The van der Waals surface area contributed by atoms with Crippen molar-refractivity contribution in [3.8, 4) is 0 Å². The third-order valence-corrected chi connectivity index (χ3v) is 2.43. The van der Waals surface area contributed by atoms with E-state index in [2.05, 4.69) is 20.7 Å². The molecule has 0 bridgehead atoms. The molecule has 0 unspecified atom stereocenters. The Labute approximate surface area is 103 Å². The van der Waals surface area contributed by atoms with Gasteiger partial charge in [0, 0.05) is 4.47 Å². The summed E-state index contributed by atoms with van der Waals surface area (Å²) in [5, 5.41) is 8.92. The van der Waals surface area contributed by atoms with Crippen molar-refractivity contribution in [1.29, 1.82) is 0 Å². The van der Waals surface area contributed by atoms with Gasteiger partial charge in [0.2, 0.25) is 0 Å².